The molecule has 6 nitrogen and oxygen atoms in total. The van der Waals surface area contributed by atoms with Crippen molar-refractivity contribution >= 4 is 11.8 Å². The molecule has 0 saturated heterocycles. The van der Waals surface area contributed by atoms with Crippen molar-refractivity contribution in [2.75, 3.05) is 7.11 Å². The summed E-state index contributed by atoms with van der Waals surface area (Å²) in [6, 6.07) is 7.55. The van der Waals surface area contributed by atoms with Crippen LogP contribution in [0.5, 0.6) is 5.75 Å². The maximum atomic E-state index is 11.4. The number of rotatable bonds is 5. The molecule has 1 aromatic heterocycles. The highest BCUT2D eigenvalue weighted by Crippen LogP contribution is 2.24. The molecule has 0 amide bonds. The Morgan fingerprint density at radius 1 is 1.55 bits per heavy atom. The predicted octanol–water partition coefficient (Wildman–Crippen LogP) is 1.76. The van der Waals surface area contributed by atoms with Gasteiger partial charge in [0.25, 0.3) is 0 Å². The van der Waals surface area contributed by atoms with Crippen LogP contribution in [0.25, 0.3) is 0 Å². The zero-order valence-corrected chi connectivity index (χ0v) is 12.0. The second-order valence-corrected chi connectivity index (χ2v) is 4.93. The van der Waals surface area contributed by atoms with Crippen LogP contribution in [-0.4, -0.2) is 21.9 Å². The number of aromatic amines is 1. The Labute approximate surface area is 120 Å². The van der Waals surface area contributed by atoms with E-state index in [9.17, 15) is 4.79 Å². The van der Waals surface area contributed by atoms with Gasteiger partial charge in [-0.3, -0.25) is 4.57 Å². The first-order valence-electron chi connectivity index (χ1n) is 6.04. The summed E-state index contributed by atoms with van der Waals surface area (Å²) in [7, 11) is 1.54. The number of methoxy groups -OCH3 is 1. The summed E-state index contributed by atoms with van der Waals surface area (Å²) < 4.78 is 6.67. The zero-order chi connectivity index (χ0) is 14.5. The normalized spacial score (nSPS) is 10.2. The number of hydrogen-bond acceptors (Lipinski definition) is 5. The van der Waals surface area contributed by atoms with Crippen LogP contribution in [0.2, 0.25) is 0 Å². The molecule has 0 bridgehead atoms. The number of nitrogens with one attached hydrogen (secondary N) is 1. The van der Waals surface area contributed by atoms with Gasteiger partial charge in [-0.1, -0.05) is 17.8 Å². The largest absolute Gasteiger partial charge is 0.495 e. The van der Waals surface area contributed by atoms with E-state index in [-0.39, 0.29) is 5.69 Å². The van der Waals surface area contributed by atoms with Crippen molar-refractivity contribution in [3.05, 3.63) is 39.8 Å². The molecule has 0 fully saturated rings. The smallest absolute Gasteiger partial charge is 0.343 e. The quantitative estimate of drug-likeness (QED) is 0.848. The SMILES string of the molecule is CCn1c(SCc2ccc(OC)c(C#N)c2)n[nH]c1=O. The summed E-state index contributed by atoms with van der Waals surface area (Å²) in [5.41, 5.74) is 1.27. The average molecular weight is 290 g/mol. The third kappa shape index (κ3) is 2.86. The van der Waals surface area contributed by atoms with Crippen LogP contribution < -0.4 is 10.4 Å². The molecule has 0 spiro atoms. The second-order valence-electron chi connectivity index (χ2n) is 3.99. The molecular weight excluding hydrogens is 276 g/mol. The molecule has 0 atom stereocenters. The fraction of sp³-hybridized carbons (Fsp3) is 0.308. The first-order chi connectivity index (χ1) is 9.69. The highest BCUT2D eigenvalue weighted by Gasteiger charge is 2.09. The first-order valence-corrected chi connectivity index (χ1v) is 7.03. The Bertz CT molecular complexity index is 699. The molecule has 104 valence electrons. The van der Waals surface area contributed by atoms with Gasteiger partial charge in [0.15, 0.2) is 5.16 Å². The molecule has 1 heterocycles. The van der Waals surface area contributed by atoms with Crippen molar-refractivity contribution in [2.45, 2.75) is 24.4 Å². The number of hydrogen-bond donors (Lipinski definition) is 1. The molecule has 0 aliphatic rings. The van der Waals surface area contributed by atoms with Crippen LogP contribution in [0.3, 0.4) is 0 Å². The highest BCUT2D eigenvalue weighted by molar-refractivity contribution is 7.98. The molecule has 0 unspecified atom stereocenters. The van der Waals surface area contributed by atoms with Crippen molar-refractivity contribution in [3.8, 4) is 11.8 Å². The monoisotopic (exact) mass is 290 g/mol. The van der Waals surface area contributed by atoms with Gasteiger partial charge < -0.3 is 4.74 Å². The van der Waals surface area contributed by atoms with Crippen LogP contribution in [0, 0.1) is 11.3 Å². The van der Waals surface area contributed by atoms with Gasteiger partial charge >= 0.3 is 5.69 Å². The topological polar surface area (TPSA) is 83.7 Å². The Hall–Kier alpha value is -2.20. The molecule has 1 aromatic carbocycles. The number of H-pyrrole nitrogens is 1. The molecule has 20 heavy (non-hydrogen) atoms. The van der Waals surface area contributed by atoms with Gasteiger partial charge in [-0.25, -0.2) is 9.89 Å². The number of aromatic nitrogens is 3. The third-order valence-corrected chi connectivity index (χ3v) is 3.84. The van der Waals surface area contributed by atoms with Crippen LogP contribution in [0.4, 0.5) is 0 Å². The first kappa shape index (κ1) is 14.2. The van der Waals surface area contributed by atoms with Gasteiger partial charge in [-0.2, -0.15) is 5.26 Å². The number of thioether (sulfide) groups is 1. The van der Waals surface area contributed by atoms with Crippen molar-refractivity contribution in [2.24, 2.45) is 0 Å². The lowest BCUT2D eigenvalue weighted by atomic mass is 10.1. The van der Waals surface area contributed by atoms with Crippen LogP contribution in [0.15, 0.2) is 28.2 Å². The number of benzene rings is 1. The Morgan fingerprint density at radius 3 is 3.00 bits per heavy atom. The van der Waals surface area contributed by atoms with Gasteiger partial charge in [-0.05, 0) is 24.6 Å². The van der Waals surface area contributed by atoms with E-state index in [4.69, 9.17) is 10.00 Å². The lowest BCUT2D eigenvalue weighted by Crippen LogP contribution is -2.16. The van der Waals surface area contributed by atoms with Crippen molar-refractivity contribution in [1.82, 2.24) is 14.8 Å². The minimum absolute atomic E-state index is 0.206. The number of nitrogens with zero attached hydrogens (tertiary/aromatic N) is 3. The molecule has 7 heteroatoms. The predicted molar refractivity (Wildman–Crippen MR) is 75.8 cm³/mol. The van der Waals surface area contributed by atoms with Gasteiger partial charge in [-0.15, -0.1) is 5.10 Å². The molecular formula is C13H14N4O2S. The van der Waals surface area contributed by atoms with Gasteiger partial charge in [0.05, 0.1) is 12.7 Å². The van der Waals surface area contributed by atoms with Crippen LogP contribution in [-0.2, 0) is 12.3 Å². The Kier molecular flexibility index (Phi) is 4.48. The van der Waals surface area contributed by atoms with E-state index in [0.29, 0.717) is 28.8 Å². The minimum atomic E-state index is -0.206. The standard InChI is InChI=1S/C13H14N4O2S/c1-3-17-12(18)15-16-13(17)20-8-9-4-5-11(19-2)10(6-9)7-14/h4-6H,3,8H2,1-2H3,(H,15,18). The molecule has 0 saturated carbocycles. The minimum Gasteiger partial charge on any atom is -0.495 e. The summed E-state index contributed by atoms with van der Waals surface area (Å²) in [4.78, 5) is 11.4. The summed E-state index contributed by atoms with van der Waals surface area (Å²) >= 11 is 1.45. The van der Waals surface area contributed by atoms with Gasteiger partial charge in [0, 0.05) is 12.3 Å². The molecule has 0 radical (unpaired) electrons. The molecule has 0 aliphatic heterocycles. The molecule has 2 rings (SSSR count). The van der Waals surface area contributed by atoms with E-state index in [1.807, 2.05) is 13.0 Å². The maximum Gasteiger partial charge on any atom is 0.343 e. The van der Waals surface area contributed by atoms with E-state index >= 15 is 0 Å². The number of ether oxygens (including phenoxy) is 1. The fourth-order valence-electron chi connectivity index (χ4n) is 1.77. The number of nitriles is 1. The van der Waals surface area contributed by atoms with E-state index in [1.54, 1.807) is 16.7 Å². The zero-order valence-electron chi connectivity index (χ0n) is 11.2. The fourth-order valence-corrected chi connectivity index (χ4v) is 2.73. The van der Waals surface area contributed by atoms with Gasteiger partial charge in [0.2, 0.25) is 0 Å². The molecule has 1 N–H and O–H groups in total. The molecule has 0 aliphatic carbocycles. The van der Waals surface area contributed by atoms with Gasteiger partial charge in [0.1, 0.15) is 11.8 Å². The maximum absolute atomic E-state index is 11.4. The summed E-state index contributed by atoms with van der Waals surface area (Å²) in [6.07, 6.45) is 0. The van der Waals surface area contributed by atoms with Crippen molar-refractivity contribution in [1.29, 1.82) is 5.26 Å². The summed E-state index contributed by atoms with van der Waals surface area (Å²) in [5.74, 6) is 1.19. The summed E-state index contributed by atoms with van der Waals surface area (Å²) in [5, 5.41) is 16.1. The van der Waals surface area contributed by atoms with Crippen molar-refractivity contribution in [3.63, 3.8) is 0 Å². The second kappa shape index (κ2) is 6.30. The van der Waals surface area contributed by atoms with Crippen LogP contribution in [0.1, 0.15) is 18.1 Å². The van der Waals surface area contributed by atoms with Crippen LogP contribution >= 0.6 is 11.8 Å². The third-order valence-electron chi connectivity index (χ3n) is 2.79. The highest BCUT2D eigenvalue weighted by atomic mass is 32.2. The van der Waals surface area contributed by atoms with E-state index < -0.39 is 0 Å². The lowest BCUT2D eigenvalue weighted by molar-refractivity contribution is 0.413. The van der Waals surface area contributed by atoms with Crippen molar-refractivity contribution < 1.29 is 4.74 Å². The van der Waals surface area contributed by atoms with E-state index in [2.05, 4.69) is 16.3 Å². The summed E-state index contributed by atoms with van der Waals surface area (Å²) in [6.45, 7) is 2.46. The lowest BCUT2D eigenvalue weighted by Gasteiger charge is -2.06. The van der Waals surface area contributed by atoms with E-state index in [1.165, 1.54) is 18.9 Å². The Balaban J connectivity index is 2.15. The van der Waals surface area contributed by atoms with E-state index in [0.717, 1.165) is 5.56 Å². The molecule has 2 aromatic rings. The Morgan fingerprint density at radius 2 is 2.35 bits per heavy atom. The average Bonchev–Trinajstić information content (AvgIpc) is 2.84.